The Hall–Kier alpha value is -4.02. The lowest BCUT2D eigenvalue weighted by atomic mass is 9.97. The highest BCUT2D eigenvalue weighted by Crippen LogP contribution is 2.40. The topological polar surface area (TPSA) is 111 Å². The average Bonchev–Trinajstić information content (AvgIpc) is 3.31. The van der Waals surface area contributed by atoms with Gasteiger partial charge in [0.05, 0.1) is 17.6 Å². The van der Waals surface area contributed by atoms with Gasteiger partial charge in [-0.2, -0.15) is 0 Å². The molecule has 0 unspecified atom stereocenters. The number of aliphatic hydroxyl groups excluding tert-OH is 1. The lowest BCUT2D eigenvalue weighted by Gasteiger charge is -2.34. The Kier molecular flexibility index (Phi) is 10.4. The highest BCUT2D eigenvalue weighted by atomic mass is 32.2. The molecule has 3 aromatic rings. The van der Waals surface area contributed by atoms with Crippen molar-refractivity contribution in [3.8, 4) is 5.75 Å². The number of thioether (sulfide) groups is 1. The van der Waals surface area contributed by atoms with E-state index in [9.17, 15) is 19.5 Å². The van der Waals surface area contributed by atoms with Gasteiger partial charge in [0.15, 0.2) is 12.7 Å². The van der Waals surface area contributed by atoms with Crippen molar-refractivity contribution in [2.24, 2.45) is 0 Å². The highest BCUT2D eigenvalue weighted by Gasteiger charge is 2.50. The van der Waals surface area contributed by atoms with Crippen molar-refractivity contribution < 1.29 is 24.2 Å². The van der Waals surface area contributed by atoms with E-state index in [1.54, 1.807) is 12.1 Å². The van der Waals surface area contributed by atoms with E-state index in [0.717, 1.165) is 22.4 Å². The van der Waals surface area contributed by atoms with Crippen molar-refractivity contribution in [3.63, 3.8) is 0 Å². The number of anilines is 1. The maximum Gasteiger partial charge on any atom is 0.262 e. The number of aryl methyl sites for hydroxylation is 2. The largest absolute Gasteiger partial charge is 0.483 e. The third-order valence-electron chi connectivity index (χ3n) is 7.53. The Bertz CT molecular complexity index is 1400. The third kappa shape index (κ3) is 7.88. The van der Waals surface area contributed by atoms with Crippen LogP contribution in [0.4, 0.5) is 5.69 Å². The Morgan fingerprint density at radius 2 is 1.60 bits per heavy atom. The maximum absolute atomic E-state index is 13.9. The minimum Gasteiger partial charge on any atom is -0.483 e. The number of benzene rings is 3. The summed E-state index contributed by atoms with van der Waals surface area (Å²) in [5, 5.41) is 15.9. The second-order valence-corrected chi connectivity index (χ2v) is 12.9. The number of rotatable bonds is 11. The fourth-order valence-corrected chi connectivity index (χ4v) is 6.36. The number of carbonyl (C=O) groups excluding carboxylic acids is 3. The molecule has 3 atom stereocenters. The number of hydrogen-bond donors (Lipinski definition) is 3. The number of hydrazine groups is 1. The number of ether oxygens (including phenoxy) is 1. The van der Waals surface area contributed by atoms with Crippen molar-refractivity contribution in [1.82, 2.24) is 15.6 Å². The molecular weight excluding hydrogens is 564 g/mol. The molecule has 228 valence electrons. The summed E-state index contributed by atoms with van der Waals surface area (Å²) in [6.45, 7) is 7.33. The predicted octanol–water partition coefficient (Wildman–Crippen LogP) is 3.62. The fourth-order valence-electron chi connectivity index (χ4n) is 5.22. The van der Waals surface area contributed by atoms with E-state index in [2.05, 4.69) is 10.7 Å². The zero-order valence-corrected chi connectivity index (χ0v) is 26.1. The first-order valence-corrected chi connectivity index (χ1v) is 15.2. The molecule has 10 heteroatoms. The molecule has 0 radical (unpaired) electrons. The van der Waals surface area contributed by atoms with Crippen LogP contribution in [0.15, 0.2) is 78.9 Å². The van der Waals surface area contributed by atoms with Gasteiger partial charge in [0, 0.05) is 11.8 Å². The van der Waals surface area contributed by atoms with Crippen LogP contribution >= 0.6 is 11.8 Å². The SMILES string of the molecule is Cc1cccc(C)c1OCC(=O)N[C@@H](Cc1ccccc1)[C@H](O)C(=O)N1CSC(C)(C)[C@H]1C(=O)NN(C)c1ccccc1. The molecule has 1 heterocycles. The van der Waals surface area contributed by atoms with E-state index in [0.29, 0.717) is 5.75 Å². The first kappa shape index (κ1) is 31.9. The standard InChI is InChI=1S/C33H40N4O5S/c1-22-13-12-14-23(2)29(22)42-20-27(38)34-26(19-24-15-8-6-9-16-24)28(39)32(41)37-21-43-33(3,4)30(37)31(40)35-36(5)25-17-10-7-11-18-25/h6-18,26,28,30,39H,19-21H2,1-5H3,(H,34,38)(H,35,40)/t26-,28-,30+/m0/s1. The van der Waals surface area contributed by atoms with Crippen molar-refractivity contribution in [2.45, 2.75) is 57.1 Å². The van der Waals surface area contributed by atoms with Crippen LogP contribution in [0, 0.1) is 13.8 Å². The second-order valence-electron chi connectivity index (χ2n) is 11.3. The lowest BCUT2D eigenvalue weighted by molar-refractivity contribution is -0.148. The molecule has 1 saturated heterocycles. The quantitative estimate of drug-likeness (QED) is 0.287. The number of aliphatic hydroxyl groups is 1. The highest BCUT2D eigenvalue weighted by molar-refractivity contribution is 8.00. The molecular formula is C33H40N4O5S. The monoisotopic (exact) mass is 604 g/mol. The number of nitrogens with zero attached hydrogens (tertiary/aromatic N) is 2. The Morgan fingerprint density at radius 1 is 1.00 bits per heavy atom. The molecule has 0 aromatic heterocycles. The van der Waals surface area contributed by atoms with E-state index in [1.165, 1.54) is 16.7 Å². The molecule has 0 bridgehead atoms. The molecule has 9 nitrogen and oxygen atoms in total. The summed E-state index contributed by atoms with van der Waals surface area (Å²) >= 11 is 1.46. The van der Waals surface area contributed by atoms with Crippen molar-refractivity contribution in [2.75, 3.05) is 24.5 Å². The van der Waals surface area contributed by atoms with Crippen molar-refractivity contribution >= 4 is 35.2 Å². The van der Waals surface area contributed by atoms with E-state index >= 15 is 0 Å². The van der Waals surface area contributed by atoms with Gasteiger partial charge in [0.25, 0.3) is 17.7 Å². The maximum atomic E-state index is 13.9. The van der Waals surface area contributed by atoms with Crippen LogP contribution in [-0.2, 0) is 20.8 Å². The number of carbonyl (C=O) groups is 3. The Labute approximate surface area is 257 Å². The van der Waals surface area contributed by atoms with Gasteiger partial charge in [-0.25, -0.2) is 0 Å². The van der Waals surface area contributed by atoms with Gasteiger partial charge < -0.3 is 20.1 Å². The first-order chi connectivity index (χ1) is 20.5. The van der Waals surface area contributed by atoms with Crippen LogP contribution in [0.5, 0.6) is 5.75 Å². The van der Waals surface area contributed by atoms with Crippen LogP contribution < -0.4 is 20.5 Å². The molecule has 0 saturated carbocycles. The summed E-state index contributed by atoms with van der Waals surface area (Å²) in [5.74, 6) is -0.618. The summed E-state index contributed by atoms with van der Waals surface area (Å²) in [6, 6.07) is 22.6. The number of hydrogen-bond acceptors (Lipinski definition) is 7. The number of nitrogens with one attached hydrogen (secondary N) is 2. The summed E-state index contributed by atoms with van der Waals surface area (Å²) < 4.78 is 5.20. The van der Waals surface area contributed by atoms with Gasteiger partial charge in [-0.15, -0.1) is 11.8 Å². The zero-order valence-electron chi connectivity index (χ0n) is 25.2. The normalized spacial score (nSPS) is 17.1. The van der Waals surface area contributed by atoms with Crippen LogP contribution in [0.2, 0.25) is 0 Å². The van der Waals surface area contributed by atoms with Gasteiger partial charge in [0.2, 0.25) is 0 Å². The minimum atomic E-state index is -1.60. The smallest absolute Gasteiger partial charge is 0.262 e. The summed E-state index contributed by atoms with van der Waals surface area (Å²) in [7, 11) is 1.73. The van der Waals surface area contributed by atoms with Crippen LogP contribution in [0.25, 0.3) is 0 Å². The van der Waals surface area contributed by atoms with Gasteiger partial charge in [-0.05, 0) is 62.9 Å². The minimum absolute atomic E-state index is 0.209. The molecule has 3 aromatic carbocycles. The Balaban J connectivity index is 1.50. The summed E-state index contributed by atoms with van der Waals surface area (Å²) in [5.41, 5.74) is 6.31. The Morgan fingerprint density at radius 3 is 2.23 bits per heavy atom. The van der Waals surface area contributed by atoms with Crippen LogP contribution in [0.1, 0.15) is 30.5 Å². The zero-order chi connectivity index (χ0) is 31.1. The van der Waals surface area contributed by atoms with Gasteiger partial charge in [-0.3, -0.25) is 24.8 Å². The van der Waals surface area contributed by atoms with E-state index in [4.69, 9.17) is 4.74 Å². The van der Waals surface area contributed by atoms with Crippen molar-refractivity contribution in [3.05, 3.63) is 95.6 Å². The number of amides is 3. The third-order valence-corrected chi connectivity index (χ3v) is 8.91. The van der Waals surface area contributed by atoms with Crippen LogP contribution in [-0.4, -0.2) is 70.2 Å². The molecule has 1 aliphatic rings. The average molecular weight is 605 g/mol. The summed E-state index contributed by atoms with van der Waals surface area (Å²) in [6.07, 6.45) is -1.39. The molecule has 0 spiro atoms. The first-order valence-electron chi connectivity index (χ1n) is 14.2. The lowest BCUT2D eigenvalue weighted by Crippen LogP contribution is -2.60. The molecule has 1 fully saturated rings. The predicted molar refractivity (Wildman–Crippen MR) is 170 cm³/mol. The fraction of sp³-hybridized carbons (Fsp3) is 0.364. The van der Waals surface area contributed by atoms with E-state index < -0.39 is 34.7 Å². The summed E-state index contributed by atoms with van der Waals surface area (Å²) in [4.78, 5) is 41.9. The van der Waals surface area contributed by atoms with E-state index in [1.807, 2.05) is 107 Å². The van der Waals surface area contributed by atoms with Crippen LogP contribution in [0.3, 0.4) is 0 Å². The molecule has 3 N–H and O–H groups in total. The second kappa shape index (κ2) is 14.0. The molecule has 1 aliphatic heterocycles. The molecule has 3 amide bonds. The molecule has 4 rings (SSSR count). The van der Waals surface area contributed by atoms with Gasteiger partial charge >= 0.3 is 0 Å². The van der Waals surface area contributed by atoms with Gasteiger partial charge in [-0.1, -0.05) is 66.7 Å². The van der Waals surface area contributed by atoms with E-state index in [-0.39, 0.29) is 24.8 Å². The van der Waals surface area contributed by atoms with Crippen molar-refractivity contribution in [1.29, 1.82) is 0 Å². The number of para-hydroxylation sites is 2. The molecule has 43 heavy (non-hydrogen) atoms. The molecule has 0 aliphatic carbocycles. The van der Waals surface area contributed by atoms with Gasteiger partial charge in [0.1, 0.15) is 11.8 Å².